The molecule has 5 nitrogen and oxygen atoms in total. The van der Waals surface area contributed by atoms with Gasteiger partial charge in [0.2, 0.25) is 0 Å². The second-order valence-electron chi connectivity index (χ2n) is 3.79. The summed E-state index contributed by atoms with van der Waals surface area (Å²) in [6.07, 6.45) is 3.71. The molecule has 1 aromatic heterocycles. The summed E-state index contributed by atoms with van der Waals surface area (Å²) >= 11 is 0. The van der Waals surface area contributed by atoms with E-state index in [9.17, 15) is 0 Å². The molecular formula is C9H16N4O. The summed E-state index contributed by atoms with van der Waals surface area (Å²) in [6, 6.07) is 0.722. The number of hydrogen-bond donors (Lipinski definition) is 1. The van der Waals surface area contributed by atoms with E-state index in [0.717, 1.165) is 19.0 Å². The fraction of sp³-hybridized carbons (Fsp3) is 0.778. The van der Waals surface area contributed by atoms with E-state index >= 15 is 0 Å². The first-order chi connectivity index (χ1) is 6.79. The first kappa shape index (κ1) is 9.30. The highest BCUT2D eigenvalue weighted by Gasteiger charge is 2.22. The van der Waals surface area contributed by atoms with Crippen LogP contribution in [0.1, 0.15) is 26.2 Å². The van der Waals surface area contributed by atoms with Crippen molar-refractivity contribution in [3.8, 4) is 0 Å². The van der Waals surface area contributed by atoms with Gasteiger partial charge in [-0.3, -0.25) is 0 Å². The Morgan fingerprint density at radius 3 is 3.07 bits per heavy atom. The molecule has 1 fully saturated rings. The van der Waals surface area contributed by atoms with Gasteiger partial charge in [0.05, 0.1) is 0 Å². The molecule has 0 aliphatic carbocycles. The molecule has 1 atom stereocenters. The molecule has 0 amide bonds. The van der Waals surface area contributed by atoms with E-state index in [1.165, 1.54) is 19.3 Å². The summed E-state index contributed by atoms with van der Waals surface area (Å²) in [7, 11) is 0. The predicted molar refractivity (Wildman–Crippen MR) is 53.9 cm³/mol. The molecule has 2 heterocycles. The minimum Gasteiger partial charge on any atom is -0.390 e. The number of piperidine rings is 1. The average molecular weight is 196 g/mol. The van der Waals surface area contributed by atoms with Crippen LogP contribution in [0.25, 0.3) is 0 Å². The van der Waals surface area contributed by atoms with E-state index < -0.39 is 0 Å². The largest absolute Gasteiger partial charge is 0.390 e. The summed E-state index contributed by atoms with van der Waals surface area (Å²) in [5, 5.41) is 7.55. The lowest BCUT2D eigenvalue weighted by molar-refractivity contribution is 0.385. The molecule has 0 aromatic carbocycles. The van der Waals surface area contributed by atoms with Gasteiger partial charge in [0.15, 0.2) is 0 Å². The number of nitrogens with zero attached hydrogens (tertiary/aromatic N) is 3. The Bertz CT molecular complexity index is 299. The van der Waals surface area contributed by atoms with Crippen molar-refractivity contribution in [3.05, 3.63) is 0 Å². The molecule has 1 unspecified atom stereocenters. The molecule has 1 aliphatic rings. The highest BCUT2D eigenvalue weighted by atomic mass is 16.4. The van der Waals surface area contributed by atoms with Crippen LogP contribution in [0.5, 0.6) is 0 Å². The highest BCUT2D eigenvalue weighted by molar-refractivity contribution is 5.28. The topological polar surface area (TPSA) is 68.2 Å². The van der Waals surface area contributed by atoms with Crippen molar-refractivity contribution in [1.82, 2.24) is 10.2 Å². The second-order valence-corrected chi connectivity index (χ2v) is 3.79. The molecular weight excluding hydrogens is 180 g/mol. The van der Waals surface area contributed by atoms with E-state index in [2.05, 4.69) is 22.0 Å². The van der Waals surface area contributed by atoms with Crippen LogP contribution in [0.3, 0.4) is 0 Å². The van der Waals surface area contributed by atoms with Crippen molar-refractivity contribution in [2.24, 2.45) is 5.92 Å². The first-order valence-corrected chi connectivity index (χ1v) is 5.13. The number of nitrogen functional groups attached to an aromatic ring is 1. The van der Waals surface area contributed by atoms with Gasteiger partial charge in [0.1, 0.15) is 0 Å². The Morgan fingerprint density at radius 1 is 1.57 bits per heavy atom. The van der Waals surface area contributed by atoms with Crippen molar-refractivity contribution in [1.29, 1.82) is 0 Å². The van der Waals surface area contributed by atoms with Crippen LogP contribution in [0.2, 0.25) is 0 Å². The lowest BCUT2D eigenvalue weighted by Gasteiger charge is -2.30. The maximum Gasteiger partial charge on any atom is 0.319 e. The maximum atomic E-state index is 5.39. The fourth-order valence-corrected chi connectivity index (χ4v) is 1.93. The van der Waals surface area contributed by atoms with Gasteiger partial charge < -0.3 is 15.1 Å². The molecule has 5 heteroatoms. The molecule has 1 saturated heterocycles. The van der Waals surface area contributed by atoms with Gasteiger partial charge >= 0.3 is 12.0 Å². The number of anilines is 2. The lowest BCUT2D eigenvalue weighted by atomic mass is 9.96. The molecule has 0 saturated carbocycles. The van der Waals surface area contributed by atoms with Gasteiger partial charge in [0, 0.05) is 13.1 Å². The van der Waals surface area contributed by atoms with Gasteiger partial charge in [-0.1, -0.05) is 23.5 Å². The fourth-order valence-electron chi connectivity index (χ4n) is 1.93. The third kappa shape index (κ3) is 1.81. The maximum absolute atomic E-state index is 5.39. The van der Waals surface area contributed by atoms with Crippen LogP contribution in [0.15, 0.2) is 4.42 Å². The molecule has 78 valence electrons. The standard InChI is InChI=1S/C9H16N4O/c1-2-7-4-3-5-13(6-7)9-12-11-8(10)14-9/h7H,2-6H2,1H3,(H2,10,11). The van der Waals surface area contributed by atoms with Gasteiger partial charge in [-0.25, -0.2) is 0 Å². The van der Waals surface area contributed by atoms with Crippen LogP contribution < -0.4 is 10.6 Å². The summed E-state index contributed by atoms with van der Waals surface area (Å²) < 4.78 is 5.20. The SMILES string of the molecule is CCC1CCCN(c2nnc(N)o2)C1. The third-order valence-electron chi connectivity index (χ3n) is 2.80. The smallest absolute Gasteiger partial charge is 0.319 e. The summed E-state index contributed by atoms with van der Waals surface area (Å²) in [4.78, 5) is 2.13. The zero-order valence-electron chi connectivity index (χ0n) is 8.44. The van der Waals surface area contributed by atoms with E-state index in [1.807, 2.05) is 0 Å². The average Bonchev–Trinajstić information content (AvgIpc) is 2.65. The van der Waals surface area contributed by atoms with Crippen LogP contribution >= 0.6 is 0 Å². The molecule has 14 heavy (non-hydrogen) atoms. The molecule has 0 radical (unpaired) electrons. The minimum atomic E-state index is 0.152. The minimum absolute atomic E-state index is 0.152. The van der Waals surface area contributed by atoms with E-state index in [0.29, 0.717) is 6.01 Å². The Morgan fingerprint density at radius 2 is 2.43 bits per heavy atom. The highest BCUT2D eigenvalue weighted by Crippen LogP contribution is 2.23. The number of rotatable bonds is 2. The van der Waals surface area contributed by atoms with E-state index in [1.54, 1.807) is 0 Å². The van der Waals surface area contributed by atoms with Crippen LogP contribution in [-0.4, -0.2) is 23.3 Å². The molecule has 0 spiro atoms. The number of nitrogens with two attached hydrogens (primary N) is 1. The summed E-state index contributed by atoms with van der Waals surface area (Å²) in [6.45, 7) is 4.23. The lowest BCUT2D eigenvalue weighted by Crippen LogP contribution is -2.35. The van der Waals surface area contributed by atoms with Crippen LogP contribution in [-0.2, 0) is 0 Å². The first-order valence-electron chi connectivity index (χ1n) is 5.13. The summed E-state index contributed by atoms with van der Waals surface area (Å²) in [5.41, 5.74) is 5.39. The zero-order valence-corrected chi connectivity index (χ0v) is 8.44. The molecule has 0 bridgehead atoms. The molecule has 2 rings (SSSR count). The Kier molecular flexibility index (Phi) is 2.56. The second kappa shape index (κ2) is 3.86. The van der Waals surface area contributed by atoms with Crippen molar-refractivity contribution in [2.45, 2.75) is 26.2 Å². The van der Waals surface area contributed by atoms with Crippen LogP contribution in [0.4, 0.5) is 12.0 Å². The van der Waals surface area contributed by atoms with Crippen molar-refractivity contribution in [3.63, 3.8) is 0 Å². The Labute approximate surface area is 83.3 Å². The van der Waals surface area contributed by atoms with Crippen molar-refractivity contribution >= 4 is 12.0 Å². The summed E-state index contributed by atoms with van der Waals surface area (Å²) in [5.74, 6) is 0.747. The molecule has 2 N–H and O–H groups in total. The predicted octanol–water partition coefficient (Wildman–Crippen LogP) is 1.28. The normalized spacial score (nSPS) is 22.6. The van der Waals surface area contributed by atoms with E-state index in [4.69, 9.17) is 10.2 Å². The number of aromatic nitrogens is 2. The third-order valence-corrected chi connectivity index (χ3v) is 2.80. The molecule has 1 aromatic rings. The Hall–Kier alpha value is -1.26. The van der Waals surface area contributed by atoms with Gasteiger partial charge in [-0.15, -0.1) is 0 Å². The zero-order chi connectivity index (χ0) is 9.97. The molecule has 1 aliphatic heterocycles. The van der Waals surface area contributed by atoms with Gasteiger partial charge in [-0.05, 0) is 18.8 Å². The van der Waals surface area contributed by atoms with Crippen LogP contribution in [0, 0.1) is 5.92 Å². The van der Waals surface area contributed by atoms with E-state index in [-0.39, 0.29) is 6.01 Å². The van der Waals surface area contributed by atoms with Gasteiger partial charge in [-0.2, -0.15) is 0 Å². The number of hydrogen-bond acceptors (Lipinski definition) is 5. The van der Waals surface area contributed by atoms with Crippen molar-refractivity contribution in [2.75, 3.05) is 23.7 Å². The van der Waals surface area contributed by atoms with Crippen molar-refractivity contribution < 1.29 is 4.42 Å². The van der Waals surface area contributed by atoms with Gasteiger partial charge in [0.25, 0.3) is 0 Å². The quantitative estimate of drug-likeness (QED) is 0.771. The monoisotopic (exact) mass is 196 g/mol. The Balaban J connectivity index is 2.04.